The Kier molecular flexibility index (Phi) is 4.82. The van der Waals surface area contributed by atoms with E-state index in [-0.39, 0.29) is 0 Å². The van der Waals surface area contributed by atoms with Crippen molar-refractivity contribution in [2.45, 2.75) is 13.8 Å². The summed E-state index contributed by atoms with van der Waals surface area (Å²) in [5.74, 6) is 0.665. The first-order chi connectivity index (χ1) is 15.5. The minimum Gasteiger partial charge on any atom is -0.474 e. The fraction of sp³-hybridized carbons (Fsp3) is 0.167. The van der Waals surface area contributed by atoms with Crippen molar-refractivity contribution in [2.24, 2.45) is 5.73 Å². The van der Waals surface area contributed by atoms with Gasteiger partial charge in [-0.2, -0.15) is 0 Å². The number of ether oxygens (including phenoxy) is 1. The molecule has 1 aliphatic rings. The number of benzene rings is 2. The van der Waals surface area contributed by atoms with Gasteiger partial charge in [0.05, 0.1) is 5.52 Å². The first kappa shape index (κ1) is 19.7. The summed E-state index contributed by atoms with van der Waals surface area (Å²) in [6.07, 6.45) is 3.62. The molecule has 0 aliphatic carbocycles. The molecule has 0 saturated heterocycles. The van der Waals surface area contributed by atoms with Crippen LogP contribution in [0.25, 0.3) is 22.0 Å². The number of nitrogens with one attached hydrogen (secondary N) is 2. The average molecular weight is 426 g/mol. The molecule has 3 heterocycles. The van der Waals surface area contributed by atoms with Gasteiger partial charge in [-0.3, -0.25) is 4.79 Å². The van der Waals surface area contributed by atoms with Gasteiger partial charge >= 0.3 is 0 Å². The highest BCUT2D eigenvalue weighted by Crippen LogP contribution is 2.36. The van der Waals surface area contributed by atoms with Gasteiger partial charge < -0.3 is 21.1 Å². The zero-order chi connectivity index (χ0) is 22.2. The number of hydrogen-bond acceptors (Lipinski definition) is 7. The molecule has 0 saturated carbocycles. The van der Waals surface area contributed by atoms with Crippen molar-refractivity contribution in [1.82, 2.24) is 15.0 Å². The molecule has 0 unspecified atom stereocenters. The van der Waals surface area contributed by atoms with E-state index in [2.05, 4.69) is 32.5 Å². The van der Waals surface area contributed by atoms with Crippen LogP contribution in [0.2, 0.25) is 0 Å². The SMILES string of the molecule is Cc1cc(Nc2ncc3ccc(-c4cnc5c(c4C)NCCO5)cc3n2)ccc1C(N)=O. The van der Waals surface area contributed by atoms with E-state index >= 15 is 0 Å². The summed E-state index contributed by atoms with van der Waals surface area (Å²) in [7, 11) is 0. The Morgan fingerprint density at radius 1 is 1.12 bits per heavy atom. The summed E-state index contributed by atoms with van der Waals surface area (Å²) < 4.78 is 5.64. The molecular formula is C24H22N6O2. The summed E-state index contributed by atoms with van der Waals surface area (Å²) in [5, 5.41) is 7.51. The number of rotatable bonds is 4. The number of fused-ring (bicyclic) bond motifs is 2. The van der Waals surface area contributed by atoms with E-state index in [1.165, 1.54) is 0 Å². The van der Waals surface area contributed by atoms with Crippen LogP contribution in [0.1, 0.15) is 21.5 Å². The monoisotopic (exact) mass is 426 g/mol. The predicted octanol–water partition coefficient (Wildman–Crippen LogP) is 3.96. The fourth-order valence-corrected chi connectivity index (χ4v) is 3.91. The molecule has 1 amide bonds. The Hall–Kier alpha value is -4.20. The third-order valence-electron chi connectivity index (χ3n) is 5.59. The predicted molar refractivity (Wildman–Crippen MR) is 124 cm³/mol. The van der Waals surface area contributed by atoms with Crippen LogP contribution in [0.4, 0.5) is 17.3 Å². The van der Waals surface area contributed by atoms with E-state index in [0.717, 1.165) is 51.1 Å². The highest BCUT2D eigenvalue weighted by atomic mass is 16.5. The van der Waals surface area contributed by atoms with E-state index in [1.54, 1.807) is 18.3 Å². The van der Waals surface area contributed by atoms with E-state index in [0.29, 0.717) is 24.0 Å². The van der Waals surface area contributed by atoms with Gasteiger partial charge in [0, 0.05) is 41.1 Å². The first-order valence-electron chi connectivity index (χ1n) is 10.3. The lowest BCUT2D eigenvalue weighted by atomic mass is 10.00. The molecule has 8 heteroatoms. The molecule has 0 bridgehead atoms. The van der Waals surface area contributed by atoms with Crippen LogP contribution < -0.4 is 21.1 Å². The van der Waals surface area contributed by atoms with E-state index < -0.39 is 5.91 Å². The largest absolute Gasteiger partial charge is 0.474 e. The van der Waals surface area contributed by atoms with Crippen molar-refractivity contribution in [3.05, 3.63) is 65.5 Å². The van der Waals surface area contributed by atoms with Gasteiger partial charge in [0.25, 0.3) is 0 Å². The standard InChI is InChI=1S/C24H22N6O2/c1-13-9-17(5-6-18(13)22(25)31)29-24-28-11-16-4-3-15(10-20(16)30-24)19-12-27-23-21(14(19)2)26-7-8-32-23/h3-6,9-12,26H,7-8H2,1-2H3,(H2,25,31)(H,28,29,30). The van der Waals surface area contributed by atoms with Gasteiger partial charge in [-0.05, 0) is 54.8 Å². The average Bonchev–Trinajstić information content (AvgIpc) is 2.79. The molecule has 0 spiro atoms. The number of nitrogens with zero attached hydrogens (tertiary/aromatic N) is 3. The summed E-state index contributed by atoms with van der Waals surface area (Å²) in [6.45, 7) is 5.28. The summed E-state index contributed by atoms with van der Waals surface area (Å²) >= 11 is 0. The summed E-state index contributed by atoms with van der Waals surface area (Å²) in [4.78, 5) is 25.0. The quantitative estimate of drug-likeness (QED) is 0.452. The maximum absolute atomic E-state index is 11.5. The zero-order valence-corrected chi connectivity index (χ0v) is 17.8. The number of aromatic nitrogens is 3. The van der Waals surface area contributed by atoms with E-state index in [9.17, 15) is 4.79 Å². The van der Waals surface area contributed by atoms with Crippen molar-refractivity contribution in [3.8, 4) is 17.0 Å². The number of carbonyl (C=O) groups excluding carboxylic acids is 1. The van der Waals surface area contributed by atoms with Crippen molar-refractivity contribution >= 4 is 34.1 Å². The number of aryl methyl sites for hydroxylation is 1. The molecule has 4 N–H and O–H groups in total. The van der Waals surface area contributed by atoms with Gasteiger partial charge in [-0.15, -0.1) is 0 Å². The Balaban J connectivity index is 1.49. The molecule has 8 nitrogen and oxygen atoms in total. The van der Waals surface area contributed by atoms with Gasteiger partial charge in [0.2, 0.25) is 17.7 Å². The highest BCUT2D eigenvalue weighted by Gasteiger charge is 2.17. The Morgan fingerprint density at radius 2 is 2.00 bits per heavy atom. The second-order valence-electron chi connectivity index (χ2n) is 7.74. The molecule has 1 aliphatic heterocycles. The van der Waals surface area contributed by atoms with Crippen LogP contribution in [0.15, 0.2) is 48.8 Å². The molecule has 0 atom stereocenters. The van der Waals surface area contributed by atoms with Crippen molar-refractivity contribution in [1.29, 1.82) is 0 Å². The topological polar surface area (TPSA) is 115 Å². The molecule has 160 valence electrons. The van der Waals surface area contributed by atoms with Gasteiger partial charge in [0.15, 0.2) is 0 Å². The van der Waals surface area contributed by atoms with Crippen LogP contribution in [0, 0.1) is 13.8 Å². The molecule has 4 aromatic rings. The molecule has 5 rings (SSSR count). The van der Waals surface area contributed by atoms with Crippen LogP contribution in [-0.2, 0) is 0 Å². The number of pyridine rings is 1. The number of amides is 1. The molecule has 0 radical (unpaired) electrons. The smallest absolute Gasteiger partial charge is 0.248 e. The molecule has 2 aromatic carbocycles. The lowest BCUT2D eigenvalue weighted by Crippen LogP contribution is -2.20. The van der Waals surface area contributed by atoms with Crippen LogP contribution in [0.5, 0.6) is 5.88 Å². The van der Waals surface area contributed by atoms with Gasteiger partial charge in [-0.1, -0.05) is 12.1 Å². The van der Waals surface area contributed by atoms with Gasteiger partial charge in [-0.25, -0.2) is 15.0 Å². The normalized spacial score (nSPS) is 12.6. The molecule has 2 aromatic heterocycles. The summed E-state index contributed by atoms with van der Waals surface area (Å²) in [5.41, 5.74) is 12.3. The van der Waals surface area contributed by atoms with Crippen molar-refractivity contribution < 1.29 is 9.53 Å². The lowest BCUT2D eigenvalue weighted by molar-refractivity contribution is 0.0999. The number of hydrogen-bond donors (Lipinski definition) is 3. The third-order valence-corrected chi connectivity index (χ3v) is 5.59. The van der Waals surface area contributed by atoms with Crippen LogP contribution in [0.3, 0.4) is 0 Å². The number of anilines is 3. The highest BCUT2D eigenvalue weighted by molar-refractivity contribution is 5.94. The number of nitrogens with two attached hydrogens (primary N) is 1. The number of carbonyl (C=O) groups is 1. The Morgan fingerprint density at radius 3 is 2.81 bits per heavy atom. The Bertz CT molecular complexity index is 1370. The zero-order valence-electron chi connectivity index (χ0n) is 17.8. The lowest BCUT2D eigenvalue weighted by Gasteiger charge is -2.21. The Labute approximate surface area is 184 Å². The van der Waals surface area contributed by atoms with Crippen LogP contribution in [-0.4, -0.2) is 34.0 Å². The second-order valence-corrected chi connectivity index (χ2v) is 7.74. The third kappa shape index (κ3) is 3.56. The second kappa shape index (κ2) is 7.81. The fourth-order valence-electron chi connectivity index (χ4n) is 3.91. The first-order valence-corrected chi connectivity index (χ1v) is 10.3. The maximum atomic E-state index is 11.5. The number of primary amides is 1. The molecule has 0 fully saturated rings. The van der Waals surface area contributed by atoms with E-state index in [4.69, 9.17) is 10.5 Å². The van der Waals surface area contributed by atoms with E-state index in [1.807, 2.05) is 37.4 Å². The van der Waals surface area contributed by atoms with Crippen molar-refractivity contribution in [3.63, 3.8) is 0 Å². The van der Waals surface area contributed by atoms with Crippen molar-refractivity contribution in [2.75, 3.05) is 23.8 Å². The minimum atomic E-state index is -0.447. The maximum Gasteiger partial charge on any atom is 0.248 e. The molecular weight excluding hydrogens is 404 g/mol. The minimum absolute atomic E-state index is 0.447. The van der Waals surface area contributed by atoms with Crippen LogP contribution >= 0.6 is 0 Å². The van der Waals surface area contributed by atoms with Gasteiger partial charge in [0.1, 0.15) is 12.3 Å². The summed E-state index contributed by atoms with van der Waals surface area (Å²) in [6, 6.07) is 11.4. The molecule has 32 heavy (non-hydrogen) atoms.